The molecule has 2 atom stereocenters. The molecule has 2 aliphatic rings. The van der Waals surface area contributed by atoms with Gasteiger partial charge in [-0.05, 0) is 55.4 Å². The van der Waals surface area contributed by atoms with Gasteiger partial charge in [0.2, 0.25) is 0 Å². The highest BCUT2D eigenvalue weighted by Gasteiger charge is 2.46. The van der Waals surface area contributed by atoms with Gasteiger partial charge in [0.25, 0.3) is 5.91 Å². The first-order chi connectivity index (χ1) is 11.6. The van der Waals surface area contributed by atoms with Gasteiger partial charge < -0.3 is 14.7 Å². The predicted molar refractivity (Wildman–Crippen MR) is 90.1 cm³/mol. The summed E-state index contributed by atoms with van der Waals surface area (Å²) >= 11 is 0. The number of amides is 1. The normalized spacial score (nSPS) is 23.3. The third-order valence-electron chi connectivity index (χ3n) is 5.06. The number of aliphatic carboxylic acids is 1. The smallest absolute Gasteiger partial charge is 0.308 e. The fraction of sp³-hybridized carbons (Fsp3) is 0.579. The Morgan fingerprint density at radius 3 is 2.50 bits per heavy atom. The number of likely N-dealkylation sites (tertiary alicyclic amines) is 1. The van der Waals surface area contributed by atoms with Gasteiger partial charge in [0.1, 0.15) is 5.75 Å². The first-order valence-corrected chi connectivity index (χ1v) is 8.85. The van der Waals surface area contributed by atoms with E-state index in [1.54, 1.807) is 17.0 Å². The number of unbranched alkanes of at least 4 members (excludes halogenated alkanes) is 1. The van der Waals surface area contributed by atoms with E-state index in [-0.39, 0.29) is 11.8 Å². The average Bonchev–Trinajstić information content (AvgIpc) is 3.33. The van der Waals surface area contributed by atoms with Crippen LogP contribution in [0.3, 0.4) is 0 Å². The summed E-state index contributed by atoms with van der Waals surface area (Å²) in [5.41, 5.74) is 0.596. The Morgan fingerprint density at radius 1 is 1.21 bits per heavy atom. The lowest BCUT2D eigenvalue weighted by Crippen LogP contribution is -2.29. The SMILES string of the molecule is CCCCOc1ccc(C(=O)N2C[C@H](C(=O)O)[C@@H](C3CC3)C2)cc1. The van der Waals surface area contributed by atoms with Crippen LogP contribution in [0.2, 0.25) is 0 Å². The summed E-state index contributed by atoms with van der Waals surface area (Å²) in [6, 6.07) is 7.16. The van der Waals surface area contributed by atoms with Gasteiger partial charge in [0, 0.05) is 18.7 Å². The van der Waals surface area contributed by atoms with E-state index in [1.165, 1.54) is 0 Å². The molecule has 0 aromatic heterocycles. The minimum atomic E-state index is -0.776. The van der Waals surface area contributed by atoms with Crippen LogP contribution >= 0.6 is 0 Å². The molecule has 5 nitrogen and oxygen atoms in total. The summed E-state index contributed by atoms with van der Waals surface area (Å²) in [5, 5.41) is 9.42. The van der Waals surface area contributed by atoms with E-state index in [4.69, 9.17) is 4.74 Å². The summed E-state index contributed by atoms with van der Waals surface area (Å²) in [6.07, 6.45) is 4.28. The van der Waals surface area contributed by atoms with Crippen molar-refractivity contribution < 1.29 is 19.4 Å². The van der Waals surface area contributed by atoms with Gasteiger partial charge in [-0.25, -0.2) is 0 Å². The Morgan fingerprint density at radius 2 is 1.92 bits per heavy atom. The van der Waals surface area contributed by atoms with Gasteiger partial charge >= 0.3 is 5.97 Å². The van der Waals surface area contributed by atoms with Crippen LogP contribution in [-0.4, -0.2) is 41.6 Å². The number of carbonyl (C=O) groups is 2. The maximum absolute atomic E-state index is 12.7. The lowest BCUT2D eigenvalue weighted by Gasteiger charge is -2.16. The highest BCUT2D eigenvalue weighted by Crippen LogP contribution is 2.44. The van der Waals surface area contributed by atoms with Crippen molar-refractivity contribution in [1.29, 1.82) is 0 Å². The largest absolute Gasteiger partial charge is 0.494 e. The van der Waals surface area contributed by atoms with Crippen LogP contribution in [0.15, 0.2) is 24.3 Å². The molecule has 130 valence electrons. The first-order valence-electron chi connectivity index (χ1n) is 8.85. The second kappa shape index (κ2) is 7.24. The average molecular weight is 331 g/mol. The molecule has 1 aromatic rings. The molecule has 3 rings (SSSR count). The number of rotatable bonds is 7. The van der Waals surface area contributed by atoms with Crippen LogP contribution in [0.25, 0.3) is 0 Å². The van der Waals surface area contributed by atoms with Crippen molar-refractivity contribution in [2.75, 3.05) is 19.7 Å². The van der Waals surface area contributed by atoms with Crippen molar-refractivity contribution in [3.05, 3.63) is 29.8 Å². The Balaban J connectivity index is 1.62. The Bertz CT molecular complexity index is 594. The number of carboxylic acid groups (broad SMARTS) is 1. The number of nitrogens with zero attached hydrogens (tertiary/aromatic N) is 1. The van der Waals surface area contributed by atoms with Gasteiger partial charge in [-0.3, -0.25) is 9.59 Å². The summed E-state index contributed by atoms with van der Waals surface area (Å²) in [5.74, 6) is 0.0894. The Hall–Kier alpha value is -2.04. The zero-order chi connectivity index (χ0) is 17.1. The van der Waals surface area contributed by atoms with Gasteiger partial charge in [-0.2, -0.15) is 0 Å². The Kier molecular flexibility index (Phi) is 5.07. The van der Waals surface area contributed by atoms with E-state index in [9.17, 15) is 14.7 Å². The number of ether oxygens (including phenoxy) is 1. The molecule has 1 aromatic carbocycles. The van der Waals surface area contributed by atoms with Crippen LogP contribution in [-0.2, 0) is 4.79 Å². The minimum absolute atomic E-state index is 0.0792. The van der Waals surface area contributed by atoms with Gasteiger partial charge in [0.05, 0.1) is 12.5 Å². The summed E-state index contributed by atoms with van der Waals surface area (Å²) in [7, 11) is 0. The molecular formula is C19H25NO4. The van der Waals surface area contributed by atoms with Crippen molar-refractivity contribution in [2.45, 2.75) is 32.6 Å². The number of carbonyl (C=O) groups excluding carboxylic acids is 1. The zero-order valence-corrected chi connectivity index (χ0v) is 14.1. The third-order valence-corrected chi connectivity index (χ3v) is 5.06. The van der Waals surface area contributed by atoms with Gasteiger partial charge in [-0.15, -0.1) is 0 Å². The molecule has 1 N–H and O–H groups in total. The summed E-state index contributed by atoms with van der Waals surface area (Å²) < 4.78 is 5.61. The first kappa shape index (κ1) is 16.8. The van der Waals surface area contributed by atoms with E-state index < -0.39 is 11.9 Å². The molecular weight excluding hydrogens is 306 g/mol. The van der Waals surface area contributed by atoms with Gasteiger partial charge in [-0.1, -0.05) is 13.3 Å². The lowest BCUT2D eigenvalue weighted by atomic mass is 9.92. The van der Waals surface area contributed by atoms with Crippen LogP contribution in [0.5, 0.6) is 5.75 Å². The fourth-order valence-electron chi connectivity index (χ4n) is 3.47. The van der Waals surface area contributed by atoms with E-state index in [0.29, 0.717) is 31.2 Å². The van der Waals surface area contributed by atoms with Crippen LogP contribution < -0.4 is 4.74 Å². The third kappa shape index (κ3) is 3.71. The molecule has 1 aliphatic heterocycles. The van der Waals surface area contributed by atoms with Gasteiger partial charge in [0.15, 0.2) is 0 Å². The van der Waals surface area contributed by atoms with Crippen molar-refractivity contribution in [3.8, 4) is 5.75 Å². The highest BCUT2D eigenvalue weighted by molar-refractivity contribution is 5.95. The molecule has 1 aliphatic carbocycles. The van der Waals surface area contributed by atoms with Crippen molar-refractivity contribution in [1.82, 2.24) is 4.90 Å². The number of benzene rings is 1. The molecule has 0 spiro atoms. The van der Waals surface area contributed by atoms with Crippen molar-refractivity contribution >= 4 is 11.9 Å². The molecule has 0 unspecified atom stereocenters. The zero-order valence-electron chi connectivity index (χ0n) is 14.1. The maximum atomic E-state index is 12.7. The molecule has 1 saturated carbocycles. The molecule has 0 radical (unpaired) electrons. The molecule has 5 heteroatoms. The maximum Gasteiger partial charge on any atom is 0.308 e. The highest BCUT2D eigenvalue weighted by atomic mass is 16.5. The molecule has 2 fully saturated rings. The van der Waals surface area contributed by atoms with E-state index in [0.717, 1.165) is 31.4 Å². The lowest BCUT2D eigenvalue weighted by molar-refractivity contribution is -0.142. The second-order valence-electron chi connectivity index (χ2n) is 6.88. The van der Waals surface area contributed by atoms with Crippen molar-refractivity contribution in [3.63, 3.8) is 0 Å². The number of hydrogen-bond acceptors (Lipinski definition) is 3. The van der Waals surface area contributed by atoms with Crippen LogP contribution in [0.4, 0.5) is 0 Å². The van der Waals surface area contributed by atoms with E-state index in [2.05, 4.69) is 6.92 Å². The minimum Gasteiger partial charge on any atom is -0.494 e. The molecule has 1 saturated heterocycles. The van der Waals surface area contributed by atoms with E-state index >= 15 is 0 Å². The fourth-order valence-corrected chi connectivity index (χ4v) is 3.47. The van der Waals surface area contributed by atoms with Crippen LogP contribution in [0.1, 0.15) is 43.0 Å². The quantitative estimate of drug-likeness (QED) is 0.780. The molecule has 0 bridgehead atoms. The summed E-state index contributed by atoms with van der Waals surface area (Å²) in [4.78, 5) is 25.8. The standard InChI is InChI=1S/C19H25NO4/c1-2-3-10-24-15-8-6-14(7-9-15)18(21)20-11-16(13-4-5-13)17(12-20)19(22)23/h6-9,13,16-17H,2-5,10-12H2,1H3,(H,22,23)/t16-,17+/m1/s1. The predicted octanol–water partition coefficient (Wildman–Crippen LogP) is 3.05. The molecule has 1 heterocycles. The number of carboxylic acids is 1. The topological polar surface area (TPSA) is 66.8 Å². The molecule has 24 heavy (non-hydrogen) atoms. The number of hydrogen-bond donors (Lipinski definition) is 1. The second-order valence-corrected chi connectivity index (χ2v) is 6.88. The molecule has 1 amide bonds. The monoisotopic (exact) mass is 331 g/mol. The van der Waals surface area contributed by atoms with Crippen LogP contribution in [0, 0.1) is 17.8 Å². The van der Waals surface area contributed by atoms with E-state index in [1.807, 2.05) is 12.1 Å². The summed E-state index contributed by atoms with van der Waals surface area (Å²) in [6.45, 7) is 3.68. The Labute approximate surface area is 142 Å². The van der Waals surface area contributed by atoms with Crippen molar-refractivity contribution in [2.24, 2.45) is 17.8 Å².